The molecule has 0 nitrogen and oxygen atoms in total. The number of aryl methyl sites for hydroxylation is 2. The molecule has 0 radical (unpaired) electrons. The van der Waals surface area contributed by atoms with E-state index in [4.69, 9.17) is 0 Å². The van der Waals surface area contributed by atoms with Gasteiger partial charge in [-0.1, -0.05) is 91.8 Å². The van der Waals surface area contributed by atoms with Crippen molar-refractivity contribution < 1.29 is 0 Å². The summed E-state index contributed by atoms with van der Waals surface area (Å²) in [5.74, 6) is 0. The van der Waals surface area contributed by atoms with E-state index in [1.54, 1.807) is 21.7 Å². The summed E-state index contributed by atoms with van der Waals surface area (Å²) < 4.78 is 0. The lowest BCUT2D eigenvalue weighted by Gasteiger charge is -2.11. The van der Waals surface area contributed by atoms with E-state index in [0.29, 0.717) is 0 Å². The van der Waals surface area contributed by atoms with Gasteiger partial charge in [0.05, 0.1) is 0 Å². The molecule has 0 saturated carbocycles. The fraction of sp³-hybridized carbons (Fsp3) is 0.333. The Balaban J connectivity index is 2.09. The molecule has 2 atom stereocenters. The van der Waals surface area contributed by atoms with Crippen molar-refractivity contribution in [1.82, 2.24) is 0 Å². The molecule has 0 spiro atoms. The molecular weight excluding hydrogens is 278 g/mol. The Morgan fingerprint density at radius 3 is 1.45 bits per heavy atom. The fourth-order valence-corrected chi connectivity index (χ4v) is 6.03. The van der Waals surface area contributed by atoms with Crippen molar-refractivity contribution in [3.63, 3.8) is 0 Å². The first kappa shape index (κ1) is 15.7. The second-order valence-corrected chi connectivity index (χ2v) is 8.14. The average molecular weight is 302 g/mol. The molecule has 0 fully saturated rings. The van der Waals surface area contributed by atoms with Gasteiger partial charge in [0.25, 0.3) is 0 Å². The van der Waals surface area contributed by atoms with Crippen molar-refractivity contribution in [1.29, 1.82) is 0 Å². The van der Waals surface area contributed by atoms with E-state index in [2.05, 4.69) is 62.4 Å². The average Bonchev–Trinajstić information content (AvgIpc) is 2.48. The predicted octanol–water partition coefficient (Wildman–Crippen LogP) is 4.81. The quantitative estimate of drug-likeness (QED) is 0.644. The molecule has 106 valence electrons. The van der Waals surface area contributed by atoms with E-state index in [0.717, 1.165) is 16.5 Å². The van der Waals surface area contributed by atoms with Gasteiger partial charge >= 0.3 is 0 Å². The van der Waals surface area contributed by atoms with Crippen LogP contribution in [0.1, 0.15) is 37.8 Å². The van der Waals surface area contributed by atoms with Crippen LogP contribution in [0.15, 0.2) is 48.5 Å². The monoisotopic (exact) mass is 302 g/mol. The molecule has 0 aliphatic carbocycles. The van der Waals surface area contributed by atoms with Crippen molar-refractivity contribution in [2.75, 3.05) is 0 Å². The first-order valence-electron chi connectivity index (χ1n) is 7.53. The maximum atomic E-state index is 2.32. The van der Waals surface area contributed by atoms with Crippen LogP contribution in [0.5, 0.6) is 0 Å². The van der Waals surface area contributed by atoms with E-state index in [9.17, 15) is 0 Å². The molecule has 0 N–H and O–H groups in total. The first-order chi connectivity index (χ1) is 9.85. The maximum absolute atomic E-state index is 2.32. The van der Waals surface area contributed by atoms with Crippen LogP contribution in [0.25, 0.3) is 0 Å². The molecule has 2 aromatic rings. The van der Waals surface area contributed by atoms with Gasteiger partial charge in [-0.05, 0) is 34.6 Å². The van der Waals surface area contributed by atoms with Gasteiger partial charge in [0.15, 0.2) is 0 Å². The van der Waals surface area contributed by atoms with Crippen LogP contribution in [0.3, 0.4) is 0 Å². The third-order valence-corrected chi connectivity index (χ3v) is 7.04. The second-order valence-electron chi connectivity index (χ2n) is 5.06. The molecule has 2 rings (SSSR count). The van der Waals surface area contributed by atoms with Crippen LogP contribution in [0.4, 0.5) is 0 Å². The molecule has 0 amide bonds. The summed E-state index contributed by atoms with van der Waals surface area (Å²) in [5.41, 5.74) is 3.10. The highest BCUT2D eigenvalue weighted by molar-refractivity contribution is 8.18. The van der Waals surface area contributed by atoms with Crippen LogP contribution in [-0.4, -0.2) is 0 Å². The van der Waals surface area contributed by atoms with Gasteiger partial charge in [-0.3, -0.25) is 0 Å². The SMILES string of the molecule is CCCc1ccccc1PPc1ccccc1CCC. The molecule has 0 heterocycles. The van der Waals surface area contributed by atoms with Crippen molar-refractivity contribution in [3.05, 3.63) is 59.7 Å². The summed E-state index contributed by atoms with van der Waals surface area (Å²) in [6.45, 7) is 4.53. The van der Waals surface area contributed by atoms with Crippen molar-refractivity contribution in [2.24, 2.45) is 0 Å². The molecule has 0 saturated heterocycles. The molecule has 0 aliphatic rings. The van der Waals surface area contributed by atoms with Crippen LogP contribution in [0.2, 0.25) is 0 Å². The van der Waals surface area contributed by atoms with Crippen molar-refractivity contribution in [2.45, 2.75) is 39.5 Å². The minimum absolute atomic E-state index is 0.919. The molecule has 20 heavy (non-hydrogen) atoms. The van der Waals surface area contributed by atoms with Crippen molar-refractivity contribution >= 4 is 27.1 Å². The third-order valence-electron chi connectivity index (χ3n) is 3.41. The summed E-state index contributed by atoms with van der Waals surface area (Å²) in [5, 5.41) is 3.14. The Bertz CT molecular complexity index is 485. The molecule has 2 heteroatoms. The van der Waals surface area contributed by atoms with E-state index in [1.807, 2.05) is 0 Å². The lowest BCUT2D eigenvalue weighted by atomic mass is 10.1. The van der Waals surface area contributed by atoms with E-state index in [1.165, 1.54) is 25.7 Å². The van der Waals surface area contributed by atoms with Crippen molar-refractivity contribution in [3.8, 4) is 0 Å². The number of hydrogen-bond donors (Lipinski definition) is 0. The van der Waals surface area contributed by atoms with E-state index < -0.39 is 0 Å². The number of rotatable bonds is 7. The summed E-state index contributed by atoms with van der Waals surface area (Å²) in [4.78, 5) is 0. The molecular formula is C18H24P2. The zero-order valence-electron chi connectivity index (χ0n) is 12.4. The minimum Gasteiger partial charge on any atom is -0.0651 e. The fourth-order valence-electron chi connectivity index (χ4n) is 2.39. The van der Waals surface area contributed by atoms with Gasteiger partial charge in [0, 0.05) is 0 Å². The highest BCUT2D eigenvalue weighted by atomic mass is 32.0. The molecule has 0 aliphatic heterocycles. The van der Waals surface area contributed by atoms with Gasteiger partial charge in [-0.15, -0.1) is 0 Å². The molecule has 0 aromatic heterocycles. The van der Waals surface area contributed by atoms with Crippen LogP contribution in [0, 0.1) is 0 Å². The highest BCUT2D eigenvalue weighted by Gasteiger charge is 2.04. The third kappa shape index (κ3) is 4.41. The molecule has 2 aromatic carbocycles. The predicted molar refractivity (Wildman–Crippen MR) is 96.8 cm³/mol. The maximum Gasteiger partial charge on any atom is -0.0195 e. The van der Waals surface area contributed by atoms with Gasteiger partial charge in [-0.2, -0.15) is 0 Å². The molecule has 2 unspecified atom stereocenters. The lowest BCUT2D eigenvalue weighted by Crippen LogP contribution is -2.05. The van der Waals surface area contributed by atoms with Crippen LogP contribution >= 0.6 is 16.5 Å². The van der Waals surface area contributed by atoms with Gasteiger partial charge in [0.1, 0.15) is 0 Å². The van der Waals surface area contributed by atoms with E-state index in [-0.39, 0.29) is 0 Å². The summed E-state index contributed by atoms with van der Waals surface area (Å²) >= 11 is 0. The Hall–Kier alpha value is -0.700. The number of benzene rings is 2. The zero-order valence-corrected chi connectivity index (χ0v) is 14.4. The lowest BCUT2D eigenvalue weighted by molar-refractivity contribution is 0.927. The topological polar surface area (TPSA) is 0 Å². The van der Waals surface area contributed by atoms with Gasteiger partial charge in [-0.25, -0.2) is 0 Å². The number of hydrogen-bond acceptors (Lipinski definition) is 0. The zero-order chi connectivity index (χ0) is 14.2. The van der Waals surface area contributed by atoms with E-state index >= 15 is 0 Å². The summed E-state index contributed by atoms with van der Waals surface area (Å²) in [6, 6.07) is 18.0. The largest absolute Gasteiger partial charge is 0.0651 e. The smallest absolute Gasteiger partial charge is 0.0195 e. The standard InChI is InChI=1S/C18H24P2/c1-3-9-15-11-5-7-13-17(15)19-20-18-14-8-6-12-16(18)10-4-2/h5-8,11-14,19-20H,3-4,9-10H2,1-2H3. The Morgan fingerprint density at radius 1 is 0.650 bits per heavy atom. The normalized spacial score (nSPS) is 11.9. The summed E-state index contributed by atoms with van der Waals surface area (Å²) in [7, 11) is 1.84. The van der Waals surface area contributed by atoms with Gasteiger partial charge in [0.2, 0.25) is 0 Å². The highest BCUT2D eigenvalue weighted by Crippen LogP contribution is 2.37. The Kier molecular flexibility index (Phi) is 6.71. The van der Waals surface area contributed by atoms with Crippen LogP contribution in [-0.2, 0) is 12.8 Å². The Labute approximate surface area is 126 Å². The van der Waals surface area contributed by atoms with Crippen LogP contribution < -0.4 is 10.6 Å². The Morgan fingerprint density at radius 2 is 1.05 bits per heavy atom. The summed E-state index contributed by atoms with van der Waals surface area (Å²) in [6.07, 6.45) is 4.89. The molecule has 0 bridgehead atoms. The first-order valence-corrected chi connectivity index (χ1v) is 10.5. The minimum atomic E-state index is 0.919. The second kappa shape index (κ2) is 8.56. The van der Waals surface area contributed by atoms with Gasteiger partial charge < -0.3 is 0 Å².